The first kappa shape index (κ1) is 17.7. The zero-order valence-corrected chi connectivity index (χ0v) is 15.6. The van der Waals surface area contributed by atoms with Crippen molar-refractivity contribution in [2.24, 2.45) is 0 Å². The number of halogens is 2. The summed E-state index contributed by atoms with van der Waals surface area (Å²) >= 11 is 15.5. The molecule has 0 unspecified atom stereocenters. The van der Waals surface area contributed by atoms with Crippen LogP contribution in [0.3, 0.4) is 0 Å². The molecule has 0 N–H and O–H groups in total. The van der Waals surface area contributed by atoms with Crippen molar-refractivity contribution in [3.05, 3.63) is 67.7 Å². The van der Waals surface area contributed by atoms with Crippen LogP contribution in [-0.4, -0.2) is 16.4 Å². The van der Waals surface area contributed by atoms with Crippen molar-refractivity contribution < 1.29 is 9.66 Å². The maximum absolute atomic E-state index is 11.4. The van der Waals surface area contributed by atoms with E-state index < -0.39 is 4.92 Å². The molecule has 0 bridgehead atoms. The molecular weight excluding hydrogens is 389 g/mol. The summed E-state index contributed by atoms with van der Waals surface area (Å²) in [7, 11) is 0. The average Bonchev–Trinajstić information content (AvgIpc) is 3.10. The topological polar surface area (TPSA) is 52.4 Å². The molecule has 2 aromatic carbocycles. The molecular formula is C16H13Cl2NO3S2. The van der Waals surface area contributed by atoms with E-state index in [0.717, 1.165) is 22.6 Å². The number of hydrogen-bond acceptors (Lipinski definition) is 5. The molecule has 1 fully saturated rings. The Morgan fingerprint density at radius 1 is 1.12 bits per heavy atom. The zero-order valence-electron chi connectivity index (χ0n) is 12.4. The maximum atomic E-state index is 11.4. The Morgan fingerprint density at radius 3 is 2.54 bits per heavy atom. The molecule has 4 nitrogen and oxygen atoms in total. The van der Waals surface area contributed by atoms with Gasteiger partial charge in [-0.15, -0.1) is 23.5 Å². The minimum Gasteiger partial charge on any atom is -0.482 e. The Kier molecular flexibility index (Phi) is 5.81. The second-order valence-corrected chi connectivity index (χ2v) is 8.63. The Bertz CT molecular complexity index is 767. The minimum absolute atomic E-state index is 0.0133. The van der Waals surface area contributed by atoms with E-state index in [-0.39, 0.29) is 22.6 Å². The van der Waals surface area contributed by atoms with Gasteiger partial charge in [-0.3, -0.25) is 10.1 Å². The maximum Gasteiger partial charge on any atom is 0.311 e. The third-order valence-corrected chi connectivity index (χ3v) is 7.30. The fourth-order valence-electron chi connectivity index (χ4n) is 2.29. The average molecular weight is 402 g/mol. The van der Waals surface area contributed by atoms with Gasteiger partial charge in [-0.25, -0.2) is 0 Å². The van der Waals surface area contributed by atoms with Crippen molar-refractivity contribution in [3.8, 4) is 5.75 Å². The molecule has 0 amide bonds. The summed E-state index contributed by atoms with van der Waals surface area (Å²) in [5, 5.41) is 12.3. The van der Waals surface area contributed by atoms with E-state index in [0.29, 0.717) is 10.0 Å². The molecule has 1 aliphatic heterocycles. The number of benzene rings is 2. The van der Waals surface area contributed by atoms with Gasteiger partial charge in [-0.05, 0) is 29.3 Å². The predicted molar refractivity (Wildman–Crippen MR) is 102 cm³/mol. The first-order chi connectivity index (χ1) is 11.5. The second-order valence-electron chi connectivity index (χ2n) is 5.09. The van der Waals surface area contributed by atoms with Gasteiger partial charge in [0.25, 0.3) is 0 Å². The largest absolute Gasteiger partial charge is 0.482 e. The molecule has 0 aromatic heterocycles. The first-order valence-electron chi connectivity index (χ1n) is 7.13. The SMILES string of the molecule is O=[N+]([O-])c1cc(C2SCCS2)ccc1OCc1ccc(Cl)c(Cl)c1. The molecule has 2 aromatic rings. The fraction of sp³-hybridized carbons (Fsp3) is 0.250. The van der Waals surface area contributed by atoms with Gasteiger partial charge >= 0.3 is 5.69 Å². The third-order valence-electron chi connectivity index (χ3n) is 3.45. The lowest BCUT2D eigenvalue weighted by molar-refractivity contribution is -0.386. The molecule has 1 aliphatic rings. The number of rotatable bonds is 5. The summed E-state index contributed by atoms with van der Waals surface area (Å²) in [5.41, 5.74) is 1.74. The lowest BCUT2D eigenvalue weighted by atomic mass is 10.2. The molecule has 0 saturated carbocycles. The number of hydrogen-bond donors (Lipinski definition) is 0. The highest BCUT2D eigenvalue weighted by Gasteiger charge is 2.23. The van der Waals surface area contributed by atoms with Crippen molar-refractivity contribution in [2.75, 3.05) is 11.5 Å². The van der Waals surface area contributed by atoms with Crippen LogP contribution in [0.5, 0.6) is 5.75 Å². The minimum atomic E-state index is -0.405. The van der Waals surface area contributed by atoms with Gasteiger partial charge in [0.05, 0.1) is 19.6 Å². The normalized spacial score (nSPS) is 14.8. The van der Waals surface area contributed by atoms with Crippen molar-refractivity contribution in [2.45, 2.75) is 11.2 Å². The van der Waals surface area contributed by atoms with E-state index in [1.54, 1.807) is 30.3 Å². The quantitative estimate of drug-likeness (QED) is 0.456. The van der Waals surface area contributed by atoms with Crippen molar-refractivity contribution in [1.82, 2.24) is 0 Å². The van der Waals surface area contributed by atoms with E-state index >= 15 is 0 Å². The molecule has 8 heteroatoms. The highest BCUT2D eigenvalue weighted by molar-refractivity contribution is 8.19. The van der Waals surface area contributed by atoms with Crippen LogP contribution in [0.1, 0.15) is 15.7 Å². The molecule has 0 spiro atoms. The molecule has 0 atom stereocenters. The van der Waals surface area contributed by atoms with Crippen molar-refractivity contribution in [1.29, 1.82) is 0 Å². The van der Waals surface area contributed by atoms with E-state index in [9.17, 15) is 10.1 Å². The standard InChI is InChI=1S/C16H13Cl2NO3S2/c17-12-3-1-10(7-13(12)18)9-22-15-4-2-11(8-14(15)19(20)21)16-23-5-6-24-16/h1-4,7-8,16H,5-6,9H2. The van der Waals surface area contributed by atoms with E-state index in [4.69, 9.17) is 27.9 Å². The van der Waals surface area contributed by atoms with Crippen LogP contribution < -0.4 is 4.74 Å². The van der Waals surface area contributed by atoms with E-state index in [1.165, 1.54) is 0 Å². The first-order valence-corrected chi connectivity index (χ1v) is 9.98. The van der Waals surface area contributed by atoms with Crippen LogP contribution in [0.4, 0.5) is 5.69 Å². The Labute approximate surface area is 158 Å². The monoisotopic (exact) mass is 401 g/mol. The van der Waals surface area contributed by atoms with Crippen LogP contribution in [-0.2, 0) is 6.61 Å². The summed E-state index contributed by atoms with van der Waals surface area (Å²) in [4.78, 5) is 11.0. The molecule has 0 radical (unpaired) electrons. The highest BCUT2D eigenvalue weighted by atomic mass is 35.5. The summed E-state index contributed by atoms with van der Waals surface area (Å²) < 4.78 is 5.90. The molecule has 0 aliphatic carbocycles. The van der Waals surface area contributed by atoms with Gasteiger partial charge in [0, 0.05) is 17.6 Å². The van der Waals surface area contributed by atoms with Gasteiger partial charge in [-0.1, -0.05) is 35.3 Å². The molecule has 126 valence electrons. The van der Waals surface area contributed by atoms with Crippen molar-refractivity contribution >= 4 is 52.4 Å². The number of nitrogens with zero attached hydrogens (tertiary/aromatic N) is 1. The smallest absolute Gasteiger partial charge is 0.311 e. The van der Waals surface area contributed by atoms with Crippen LogP contribution in [0, 0.1) is 10.1 Å². The Hall–Kier alpha value is -1.08. The predicted octanol–water partition coefficient (Wildman–Crippen LogP) is 5.96. The van der Waals surface area contributed by atoms with Crippen LogP contribution in [0.2, 0.25) is 10.0 Å². The fourth-order valence-corrected chi connectivity index (χ4v) is 5.45. The van der Waals surface area contributed by atoms with E-state index in [2.05, 4.69) is 0 Å². The molecule has 24 heavy (non-hydrogen) atoms. The Balaban J connectivity index is 1.78. The number of ether oxygens (including phenoxy) is 1. The second kappa shape index (κ2) is 7.87. The lowest BCUT2D eigenvalue weighted by Crippen LogP contribution is -2.00. The summed E-state index contributed by atoms with van der Waals surface area (Å²) in [5.74, 6) is 2.39. The van der Waals surface area contributed by atoms with Gasteiger partial charge < -0.3 is 4.74 Å². The highest BCUT2D eigenvalue weighted by Crippen LogP contribution is 2.46. The van der Waals surface area contributed by atoms with Crippen molar-refractivity contribution in [3.63, 3.8) is 0 Å². The lowest BCUT2D eigenvalue weighted by Gasteiger charge is -2.11. The van der Waals surface area contributed by atoms with E-state index in [1.807, 2.05) is 29.6 Å². The zero-order chi connectivity index (χ0) is 17.1. The van der Waals surface area contributed by atoms with Gasteiger partial charge in [0.2, 0.25) is 0 Å². The summed E-state index contributed by atoms with van der Waals surface area (Å²) in [6, 6.07) is 10.3. The van der Waals surface area contributed by atoms with Crippen LogP contribution in [0.15, 0.2) is 36.4 Å². The van der Waals surface area contributed by atoms with Gasteiger partial charge in [0.1, 0.15) is 6.61 Å². The molecule has 1 heterocycles. The van der Waals surface area contributed by atoms with Crippen LogP contribution in [0.25, 0.3) is 0 Å². The molecule has 3 rings (SSSR count). The molecule has 1 saturated heterocycles. The summed E-state index contributed by atoms with van der Waals surface area (Å²) in [6.45, 7) is 0.185. The number of nitro groups is 1. The van der Waals surface area contributed by atoms with Gasteiger partial charge in [-0.2, -0.15) is 0 Å². The third kappa shape index (κ3) is 4.11. The number of nitro benzene ring substituents is 1. The van der Waals surface area contributed by atoms with Gasteiger partial charge in [0.15, 0.2) is 5.75 Å². The summed E-state index contributed by atoms with van der Waals surface area (Å²) in [6.07, 6.45) is 0. The number of thioether (sulfide) groups is 2. The van der Waals surface area contributed by atoms with Crippen LogP contribution >= 0.6 is 46.7 Å². The Morgan fingerprint density at radius 2 is 1.88 bits per heavy atom.